The van der Waals surface area contributed by atoms with Crippen LogP contribution in [0.3, 0.4) is 0 Å². The van der Waals surface area contributed by atoms with Crippen molar-refractivity contribution in [3.63, 3.8) is 0 Å². The topological polar surface area (TPSA) is 23.5 Å². The number of aliphatic hydroxyl groups is 1. The summed E-state index contributed by atoms with van der Waals surface area (Å²) in [6.45, 7) is 3.95. The second-order valence-corrected chi connectivity index (χ2v) is 5.10. The van der Waals surface area contributed by atoms with Crippen molar-refractivity contribution in [3.8, 4) is 0 Å². The summed E-state index contributed by atoms with van der Waals surface area (Å²) in [7, 11) is 0. The van der Waals surface area contributed by atoms with Gasteiger partial charge in [0, 0.05) is 25.6 Å². The summed E-state index contributed by atoms with van der Waals surface area (Å²) in [4.78, 5) is 2.17. The van der Waals surface area contributed by atoms with Crippen LogP contribution in [-0.4, -0.2) is 24.8 Å². The molecule has 1 aromatic rings. The van der Waals surface area contributed by atoms with Gasteiger partial charge in [-0.25, -0.2) is 0 Å². The van der Waals surface area contributed by atoms with Crippen LogP contribution < -0.4 is 4.90 Å². The summed E-state index contributed by atoms with van der Waals surface area (Å²) < 4.78 is 0. The zero-order valence-electron chi connectivity index (χ0n) is 9.21. The number of rotatable bonds is 2. The monoisotopic (exact) mass is 259 g/mol. The van der Waals surface area contributed by atoms with Gasteiger partial charge in [-0.15, -0.1) is 0 Å². The van der Waals surface area contributed by atoms with Gasteiger partial charge in [-0.2, -0.15) is 0 Å². The predicted molar refractivity (Wildman–Crippen MR) is 68.6 cm³/mol. The van der Waals surface area contributed by atoms with E-state index in [0.717, 1.165) is 35.8 Å². The number of anilines is 1. The molecular formula is C12H15Cl2NO. The molecule has 0 bridgehead atoms. The second kappa shape index (κ2) is 4.82. The Morgan fingerprint density at radius 1 is 1.44 bits per heavy atom. The molecule has 16 heavy (non-hydrogen) atoms. The van der Waals surface area contributed by atoms with Crippen LogP contribution in [0.4, 0.5) is 5.69 Å². The van der Waals surface area contributed by atoms with E-state index in [1.165, 1.54) is 0 Å². The van der Waals surface area contributed by atoms with Gasteiger partial charge in [0.25, 0.3) is 0 Å². The maximum atomic E-state index is 9.13. The number of benzene rings is 1. The van der Waals surface area contributed by atoms with Crippen molar-refractivity contribution in [1.82, 2.24) is 0 Å². The van der Waals surface area contributed by atoms with Crippen LogP contribution in [-0.2, 0) is 0 Å². The first-order chi connectivity index (χ1) is 7.63. The maximum absolute atomic E-state index is 9.13. The number of hydrogen-bond acceptors (Lipinski definition) is 2. The Labute approximate surface area is 106 Å². The van der Waals surface area contributed by atoms with Crippen LogP contribution in [0.1, 0.15) is 12.0 Å². The molecule has 0 aromatic heterocycles. The number of aliphatic hydroxyl groups excluding tert-OH is 1. The second-order valence-electron chi connectivity index (χ2n) is 4.31. The third kappa shape index (κ3) is 2.15. The van der Waals surface area contributed by atoms with E-state index in [1.54, 1.807) is 0 Å². The normalized spacial score (nSPS) is 20.5. The quantitative estimate of drug-likeness (QED) is 0.883. The average molecular weight is 260 g/mol. The van der Waals surface area contributed by atoms with E-state index in [-0.39, 0.29) is 6.61 Å². The van der Waals surface area contributed by atoms with Crippen LogP contribution in [0.2, 0.25) is 10.0 Å². The molecule has 1 heterocycles. The first kappa shape index (κ1) is 12.0. The summed E-state index contributed by atoms with van der Waals surface area (Å²) in [5, 5.41) is 10.5. The Kier molecular flexibility index (Phi) is 3.63. The van der Waals surface area contributed by atoms with Gasteiger partial charge < -0.3 is 10.0 Å². The van der Waals surface area contributed by atoms with Crippen molar-refractivity contribution in [2.45, 2.75) is 13.3 Å². The van der Waals surface area contributed by atoms with Crippen molar-refractivity contribution in [1.29, 1.82) is 0 Å². The van der Waals surface area contributed by atoms with Crippen molar-refractivity contribution in [2.75, 3.05) is 24.6 Å². The largest absolute Gasteiger partial charge is 0.396 e. The number of hydrogen-bond donors (Lipinski definition) is 1. The Hall–Kier alpha value is -0.440. The molecule has 0 saturated carbocycles. The molecule has 1 N–H and O–H groups in total. The van der Waals surface area contributed by atoms with Crippen LogP contribution in [0.15, 0.2) is 12.1 Å². The first-order valence-corrected chi connectivity index (χ1v) is 6.19. The minimum absolute atomic E-state index is 0.234. The van der Waals surface area contributed by atoms with E-state index in [2.05, 4.69) is 4.90 Å². The summed E-state index contributed by atoms with van der Waals surface area (Å²) in [5.74, 6) is 0.340. The van der Waals surface area contributed by atoms with E-state index in [4.69, 9.17) is 28.3 Å². The lowest BCUT2D eigenvalue weighted by Crippen LogP contribution is -2.21. The lowest BCUT2D eigenvalue weighted by Gasteiger charge is -2.22. The van der Waals surface area contributed by atoms with E-state index < -0.39 is 0 Å². The Morgan fingerprint density at radius 3 is 2.81 bits per heavy atom. The van der Waals surface area contributed by atoms with Crippen molar-refractivity contribution in [2.24, 2.45) is 5.92 Å². The highest BCUT2D eigenvalue weighted by molar-refractivity contribution is 6.39. The fourth-order valence-electron chi connectivity index (χ4n) is 2.12. The molecule has 1 aromatic carbocycles. The number of halogens is 2. The van der Waals surface area contributed by atoms with Crippen LogP contribution >= 0.6 is 23.2 Å². The summed E-state index contributed by atoms with van der Waals surface area (Å²) >= 11 is 12.5. The molecule has 1 fully saturated rings. The van der Waals surface area contributed by atoms with Crippen LogP contribution in [0.5, 0.6) is 0 Å². The highest BCUT2D eigenvalue weighted by atomic mass is 35.5. The molecule has 88 valence electrons. The third-order valence-corrected chi connectivity index (χ3v) is 3.90. The Bertz CT molecular complexity index is 395. The molecule has 1 saturated heterocycles. The zero-order chi connectivity index (χ0) is 11.7. The first-order valence-electron chi connectivity index (χ1n) is 5.44. The number of nitrogens with zero attached hydrogens (tertiary/aromatic N) is 1. The molecule has 1 unspecified atom stereocenters. The van der Waals surface area contributed by atoms with Gasteiger partial charge in [0.05, 0.1) is 15.7 Å². The Balaban J connectivity index is 2.30. The summed E-state index contributed by atoms with van der Waals surface area (Å²) in [6, 6.07) is 3.80. The maximum Gasteiger partial charge on any atom is 0.0747 e. The molecule has 1 atom stereocenters. The molecule has 4 heteroatoms. The van der Waals surface area contributed by atoms with Gasteiger partial charge in [0.15, 0.2) is 0 Å². The standard InChI is InChI=1S/C12H15Cl2NO/c1-8-2-3-10(13)12(11(8)14)15-5-4-9(6-15)7-16/h2-3,9,16H,4-7H2,1H3. The van der Waals surface area contributed by atoms with Gasteiger partial charge >= 0.3 is 0 Å². The molecule has 1 aliphatic heterocycles. The molecule has 0 amide bonds. The molecule has 1 aliphatic rings. The van der Waals surface area contributed by atoms with Gasteiger partial charge in [-0.05, 0) is 25.0 Å². The molecule has 0 aliphatic carbocycles. The van der Waals surface area contributed by atoms with Gasteiger partial charge in [0.2, 0.25) is 0 Å². The third-order valence-electron chi connectivity index (χ3n) is 3.12. The average Bonchev–Trinajstić information content (AvgIpc) is 2.73. The minimum atomic E-state index is 0.234. The highest BCUT2D eigenvalue weighted by Gasteiger charge is 2.25. The SMILES string of the molecule is Cc1ccc(Cl)c(N2CCC(CO)C2)c1Cl. The molecule has 0 spiro atoms. The van der Waals surface area contributed by atoms with E-state index >= 15 is 0 Å². The van der Waals surface area contributed by atoms with E-state index in [1.807, 2.05) is 19.1 Å². The molecular weight excluding hydrogens is 245 g/mol. The fourth-order valence-corrected chi connectivity index (χ4v) is 2.73. The van der Waals surface area contributed by atoms with Gasteiger partial charge in [0.1, 0.15) is 0 Å². The highest BCUT2D eigenvalue weighted by Crippen LogP contribution is 2.38. The van der Waals surface area contributed by atoms with Gasteiger partial charge in [-0.1, -0.05) is 29.3 Å². The summed E-state index contributed by atoms with van der Waals surface area (Å²) in [5.41, 5.74) is 1.95. The predicted octanol–water partition coefficient (Wildman–Crippen LogP) is 3.12. The molecule has 2 nitrogen and oxygen atoms in total. The van der Waals surface area contributed by atoms with Crippen molar-refractivity contribution in [3.05, 3.63) is 27.7 Å². The lowest BCUT2D eigenvalue weighted by atomic mass is 10.1. The molecule has 0 radical (unpaired) electrons. The summed E-state index contributed by atoms with van der Waals surface area (Å²) in [6.07, 6.45) is 0.997. The van der Waals surface area contributed by atoms with Crippen LogP contribution in [0, 0.1) is 12.8 Å². The van der Waals surface area contributed by atoms with E-state index in [9.17, 15) is 0 Å². The van der Waals surface area contributed by atoms with Crippen molar-refractivity contribution >= 4 is 28.9 Å². The number of aryl methyl sites for hydroxylation is 1. The lowest BCUT2D eigenvalue weighted by molar-refractivity contribution is 0.238. The van der Waals surface area contributed by atoms with Crippen molar-refractivity contribution < 1.29 is 5.11 Å². The van der Waals surface area contributed by atoms with E-state index in [0.29, 0.717) is 10.9 Å². The Morgan fingerprint density at radius 2 is 2.19 bits per heavy atom. The van der Waals surface area contributed by atoms with Crippen LogP contribution in [0.25, 0.3) is 0 Å². The smallest absolute Gasteiger partial charge is 0.0747 e. The fraction of sp³-hybridized carbons (Fsp3) is 0.500. The molecule has 2 rings (SSSR count). The zero-order valence-corrected chi connectivity index (χ0v) is 10.7. The minimum Gasteiger partial charge on any atom is -0.396 e. The van der Waals surface area contributed by atoms with Gasteiger partial charge in [-0.3, -0.25) is 0 Å².